The van der Waals surface area contributed by atoms with Crippen LogP contribution >= 0.6 is 11.3 Å². The number of anilines is 2. The summed E-state index contributed by atoms with van der Waals surface area (Å²) in [6.07, 6.45) is 7.86. The Bertz CT molecular complexity index is 1420. The van der Waals surface area contributed by atoms with E-state index in [1.165, 1.54) is 11.3 Å². The quantitative estimate of drug-likeness (QED) is 0.520. The Morgan fingerprint density at radius 2 is 1.90 bits per heavy atom. The third-order valence-electron chi connectivity index (χ3n) is 7.51. The molecule has 2 amide bonds. The van der Waals surface area contributed by atoms with E-state index >= 15 is 0 Å². The number of benzene rings is 1. The minimum absolute atomic E-state index is 0.130. The van der Waals surface area contributed by atoms with Crippen LogP contribution in [-0.2, 0) is 16.4 Å². The lowest BCUT2D eigenvalue weighted by Gasteiger charge is -2.27. The van der Waals surface area contributed by atoms with Gasteiger partial charge in [-0.25, -0.2) is 23.2 Å². The number of sulfone groups is 1. The molecule has 2 atom stereocenters. The highest BCUT2D eigenvalue weighted by Gasteiger charge is 2.35. The first-order valence-corrected chi connectivity index (χ1v) is 16.5. The molecule has 0 saturated carbocycles. The molecular weight excluding hydrogens is 544 g/mol. The minimum Gasteiger partial charge on any atom is -0.297 e. The van der Waals surface area contributed by atoms with Gasteiger partial charge in [-0.05, 0) is 30.0 Å². The van der Waals surface area contributed by atoms with Crippen molar-refractivity contribution < 1.29 is 18.2 Å². The van der Waals surface area contributed by atoms with Gasteiger partial charge in [0, 0.05) is 48.1 Å². The molecule has 1 aromatic heterocycles. The van der Waals surface area contributed by atoms with Gasteiger partial charge in [-0.2, -0.15) is 10.4 Å². The maximum absolute atomic E-state index is 13.1. The number of thiazole rings is 1. The third-order valence-corrected chi connectivity index (χ3v) is 9.92. The first-order chi connectivity index (χ1) is 18.9. The van der Waals surface area contributed by atoms with Crippen LogP contribution in [0.25, 0.3) is 5.57 Å². The zero-order chi connectivity index (χ0) is 28.5. The summed E-state index contributed by atoms with van der Waals surface area (Å²) < 4.78 is 23.5. The van der Waals surface area contributed by atoms with Crippen LogP contribution in [0.2, 0.25) is 0 Å². The number of hydrogen-bond donors (Lipinski definition) is 2. The Morgan fingerprint density at radius 3 is 2.55 bits per heavy atom. The van der Waals surface area contributed by atoms with Gasteiger partial charge < -0.3 is 0 Å². The van der Waals surface area contributed by atoms with Crippen LogP contribution in [0.3, 0.4) is 0 Å². The fraction of sp³-hybridized carbons (Fsp3) is 0.483. The van der Waals surface area contributed by atoms with Crippen molar-refractivity contribution in [3.63, 3.8) is 0 Å². The van der Waals surface area contributed by atoms with Crippen molar-refractivity contribution in [2.45, 2.75) is 53.2 Å². The molecule has 3 N–H and O–H groups in total. The number of hydrazone groups is 1. The second-order valence-electron chi connectivity index (χ2n) is 11.9. The monoisotopic (exact) mass is 583 g/mol. The van der Waals surface area contributed by atoms with Crippen molar-refractivity contribution in [3.8, 4) is 0 Å². The molecule has 214 valence electrons. The number of amides is 2. The molecule has 1 aromatic carbocycles. The number of hydrogen-bond acceptors (Lipinski definition) is 7. The number of rotatable bonds is 6. The summed E-state index contributed by atoms with van der Waals surface area (Å²) in [4.78, 5) is 18.6. The Labute approximate surface area is 241 Å². The standard InChI is InChI=1S/C29H38N6O3S2/c1-20-5-9-22(10-6-20)24-19-39-28(30-24)32-27(36)31-26-17-25(29(2,3)4)33-35(26)23-11-7-21(8-12-23)18-34-13-15-40(37,38)16-14-34/h5,7-12,19-20,26H,6,13-18H2,1-4H3,(H2,30,31,32,36)/p+1. The molecule has 2 unspecified atom stereocenters. The number of allylic oxidation sites excluding steroid dienone is 4. The van der Waals surface area contributed by atoms with Crippen LogP contribution in [-0.4, -0.2) is 55.8 Å². The highest BCUT2D eigenvalue weighted by atomic mass is 32.2. The molecule has 9 nitrogen and oxygen atoms in total. The van der Waals surface area contributed by atoms with Crippen LogP contribution in [0, 0.1) is 11.3 Å². The van der Waals surface area contributed by atoms with E-state index in [0.717, 1.165) is 34.7 Å². The average molecular weight is 584 g/mol. The summed E-state index contributed by atoms with van der Waals surface area (Å²) in [7, 11) is -2.89. The fourth-order valence-corrected chi connectivity index (χ4v) is 6.98. The van der Waals surface area contributed by atoms with Gasteiger partial charge in [0.15, 0.2) is 9.84 Å². The highest BCUT2D eigenvalue weighted by Crippen LogP contribution is 2.31. The van der Waals surface area contributed by atoms with Crippen molar-refractivity contribution in [1.82, 2.24) is 10.2 Å². The summed E-state index contributed by atoms with van der Waals surface area (Å²) in [5.74, 6) is 0.988. The molecule has 1 saturated heterocycles. The Kier molecular flexibility index (Phi) is 8.17. The molecule has 5 rings (SSSR count). The summed E-state index contributed by atoms with van der Waals surface area (Å²) in [6, 6.07) is 7.85. The van der Waals surface area contributed by atoms with E-state index < -0.39 is 9.84 Å². The van der Waals surface area contributed by atoms with Crippen molar-refractivity contribution in [1.29, 1.82) is 0 Å². The molecule has 2 aliphatic heterocycles. The van der Waals surface area contributed by atoms with Crippen molar-refractivity contribution in [3.05, 3.63) is 59.1 Å². The number of carbonyl (C=O) groups excluding carboxylic acids is 1. The van der Waals surface area contributed by atoms with Gasteiger partial charge in [0.05, 0.1) is 17.2 Å². The lowest BCUT2D eigenvalue weighted by Crippen LogP contribution is -2.46. The zero-order valence-corrected chi connectivity index (χ0v) is 25.2. The Hall–Kier alpha value is -3.02. The van der Waals surface area contributed by atoms with E-state index in [2.05, 4.69) is 78.6 Å². The fourth-order valence-electron chi connectivity index (χ4n) is 4.95. The molecule has 11 heteroatoms. The van der Waals surface area contributed by atoms with E-state index in [4.69, 9.17) is 5.10 Å². The highest BCUT2D eigenvalue weighted by molar-refractivity contribution is 7.91. The minimum atomic E-state index is -2.89. The van der Waals surface area contributed by atoms with Crippen LogP contribution in [0.1, 0.15) is 51.8 Å². The maximum Gasteiger partial charge on any atom is 0.409 e. The second kappa shape index (κ2) is 11.5. The zero-order valence-electron chi connectivity index (χ0n) is 23.6. The lowest BCUT2D eigenvalue weighted by molar-refractivity contribution is -0.357. The first kappa shape index (κ1) is 28.5. The number of nitrogens with zero attached hydrogens (tertiary/aromatic N) is 3. The van der Waals surface area contributed by atoms with E-state index in [9.17, 15) is 13.2 Å². The molecule has 0 spiro atoms. The third kappa shape index (κ3) is 7.00. The Balaban J connectivity index is 1.24. The van der Waals surface area contributed by atoms with Crippen molar-refractivity contribution in [2.24, 2.45) is 16.4 Å². The summed E-state index contributed by atoms with van der Waals surface area (Å²) in [5.41, 5.74) is 5.04. The predicted octanol–water partition coefficient (Wildman–Crippen LogP) is 4.53. The summed E-state index contributed by atoms with van der Waals surface area (Å²) in [6.45, 7) is 10.4. The maximum atomic E-state index is 13.1. The van der Waals surface area contributed by atoms with Gasteiger partial charge in [-0.15, -0.1) is 0 Å². The van der Waals surface area contributed by atoms with Crippen LogP contribution < -0.4 is 20.6 Å². The summed E-state index contributed by atoms with van der Waals surface area (Å²) >= 11 is 1.47. The van der Waals surface area contributed by atoms with E-state index in [1.54, 1.807) is 0 Å². The molecule has 40 heavy (non-hydrogen) atoms. The smallest absolute Gasteiger partial charge is 0.297 e. The van der Waals surface area contributed by atoms with Gasteiger partial charge in [0.25, 0.3) is 0 Å². The molecule has 3 heterocycles. The first-order valence-electron chi connectivity index (χ1n) is 13.8. The number of aromatic nitrogens is 1. The van der Waals surface area contributed by atoms with Crippen LogP contribution in [0.5, 0.6) is 0 Å². The second-order valence-corrected chi connectivity index (χ2v) is 15.1. The van der Waals surface area contributed by atoms with Crippen LogP contribution in [0.15, 0.2) is 53.0 Å². The molecule has 0 bridgehead atoms. The van der Waals surface area contributed by atoms with Gasteiger partial charge in [-0.3, -0.25) is 10.2 Å². The van der Waals surface area contributed by atoms with Crippen molar-refractivity contribution in [2.75, 3.05) is 34.9 Å². The normalized spacial score (nSPS) is 23.1. The molecule has 3 aliphatic rings. The molecule has 2 aromatic rings. The van der Waals surface area contributed by atoms with Crippen molar-refractivity contribution >= 4 is 49.3 Å². The molecule has 1 aliphatic carbocycles. The topological polar surface area (TPSA) is 108 Å². The van der Waals surface area contributed by atoms with Gasteiger partial charge in [-0.1, -0.05) is 69.4 Å². The largest absolute Gasteiger partial charge is 0.409 e. The molecule has 0 radical (unpaired) electrons. The number of carbonyl (C=O) groups is 1. The lowest BCUT2D eigenvalue weighted by atomic mass is 9.88. The average Bonchev–Trinajstić information content (AvgIpc) is 3.54. The summed E-state index contributed by atoms with van der Waals surface area (Å²) in [5, 5.41) is 15.6. The predicted molar refractivity (Wildman–Crippen MR) is 162 cm³/mol. The Morgan fingerprint density at radius 1 is 1.18 bits per heavy atom. The number of aromatic amines is 1. The van der Waals surface area contributed by atoms with E-state index in [1.807, 2.05) is 22.5 Å². The molecule has 1 fully saturated rings. The number of H-pyrrole nitrogens is 1. The van der Waals surface area contributed by atoms with Gasteiger partial charge in [0.2, 0.25) is 0 Å². The number of nitrogens with one attached hydrogen (secondary N) is 3. The van der Waals surface area contributed by atoms with Crippen LogP contribution in [0.4, 0.5) is 15.6 Å². The molecular formula is C29H39N6O3S2+. The van der Waals surface area contributed by atoms with Gasteiger partial charge in [0.1, 0.15) is 11.9 Å². The van der Waals surface area contributed by atoms with E-state index in [-0.39, 0.29) is 29.1 Å². The SMILES string of the molecule is CC1C=CC(c2csc(NC(=O)NC3CC(C(C)(C)C)=NN3c3ccc(CN4CCS(=O)(=O)CC4)cc3)[nH+]2)=CC1. The number of urea groups is 1. The van der Waals surface area contributed by atoms with E-state index in [0.29, 0.717) is 37.1 Å². The van der Waals surface area contributed by atoms with Gasteiger partial charge >= 0.3 is 11.2 Å².